The number of nitrogens with zero attached hydrogens (tertiary/aromatic N) is 1. The van der Waals surface area contributed by atoms with Crippen LogP contribution in [0.4, 0.5) is 16.2 Å². The molecule has 0 radical (unpaired) electrons. The fraction of sp³-hybridized carbons (Fsp3) is 0.278. The second kappa shape index (κ2) is 6.44. The molecule has 3 heteroatoms. The molecule has 3 nitrogen and oxygen atoms in total. The van der Waals surface area contributed by atoms with Crippen LogP contribution in [0.15, 0.2) is 42.5 Å². The third kappa shape index (κ3) is 3.63. The third-order valence-corrected chi connectivity index (χ3v) is 3.51. The predicted octanol–water partition coefficient (Wildman–Crippen LogP) is 4.67. The summed E-state index contributed by atoms with van der Waals surface area (Å²) in [6.45, 7) is 8.65. The fourth-order valence-electron chi connectivity index (χ4n) is 2.29. The van der Waals surface area contributed by atoms with Gasteiger partial charge in [0, 0.05) is 17.9 Å². The van der Waals surface area contributed by atoms with Crippen LogP contribution in [0.1, 0.15) is 23.6 Å². The summed E-state index contributed by atoms with van der Waals surface area (Å²) in [5, 5.41) is 3.01. The standard InChI is InChI=1S/C18H22N2O/c1-5-20(16-8-6-7-13(2)11-16)18(21)19-17-12-14(3)9-10-15(17)4/h6-12H,5H2,1-4H3,(H,19,21). The number of hydrogen-bond donors (Lipinski definition) is 1. The third-order valence-electron chi connectivity index (χ3n) is 3.51. The highest BCUT2D eigenvalue weighted by molar-refractivity contribution is 6.02. The molecule has 0 aliphatic carbocycles. The van der Waals surface area contributed by atoms with Gasteiger partial charge in [0.2, 0.25) is 0 Å². The van der Waals surface area contributed by atoms with Crippen molar-refractivity contribution >= 4 is 17.4 Å². The minimum atomic E-state index is -0.100. The van der Waals surface area contributed by atoms with E-state index in [1.807, 2.05) is 70.2 Å². The Balaban J connectivity index is 2.23. The van der Waals surface area contributed by atoms with E-state index in [9.17, 15) is 4.79 Å². The molecular weight excluding hydrogens is 260 g/mol. The minimum Gasteiger partial charge on any atom is -0.307 e. The van der Waals surface area contributed by atoms with Crippen LogP contribution in [0.5, 0.6) is 0 Å². The summed E-state index contributed by atoms with van der Waals surface area (Å²) >= 11 is 0. The van der Waals surface area contributed by atoms with Crippen molar-refractivity contribution in [3.63, 3.8) is 0 Å². The van der Waals surface area contributed by atoms with Crippen molar-refractivity contribution in [2.75, 3.05) is 16.8 Å². The van der Waals surface area contributed by atoms with Gasteiger partial charge in [0.05, 0.1) is 0 Å². The number of carbonyl (C=O) groups excluding carboxylic acids is 1. The maximum absolute atomic E-state index is 12.5. The first-order valence-corrected chi connectivity index (χ1v) is 7.23. The molecule has 0 saturated carbocycles. The zero-order valence-electron chi connectivity index (χ0n) is 13.1. The molecule has 0 unspecified atom stereocenters. The fourth-order valence-corrected chi connectivity index (χ4v) is 2.29. The van der Waals surface area contributed by atoms with Crippen LogP contribution < -0.4 is 10.2 Å². The number of nitrogens with one attached hydrogen (secondary N) is 1. The lowest BCUT2D eigenvalue weighted by molar-refractivity contribution is 0.257. The predicted molar refractivity (Wildman–Crippen MR) is 89.1 cm³/mol. The number of aryl methyl sites for hydroxylation is 3. The lowest BCUT2D eigenvalue weighted by atomic mass is 10.1. The van der Waals surface area contributed by atoms with Crippen molar-refractivity contribution in [1.82, 2.24) is 0 Å². The molecule has 0 heterocycles. The van der Waals surface area contributed by atoms with Gasteiger partial charge in [-0.3, -0.25) is 4.90 Å². The van der Waals surface area contributed by atoms with E-state index in [4.69, 9.17) is 0 Å². The quantitative estimate of drug-likeness (QED) is 0.871. The van der Waals surface area contributed by atoms with Gasteiger partial charge < -0.3 is 5.32 Å². The van der Waals surface area contributed by atoms with Crippen LogP contribution in [-0.2, 0) is 0 Å². The maximum Gasteiger partial charge on any atom is 0.326 e. The van der Waals surface area contributed by atoms with E-state index in [2.05, 4.69) is 5.32 Å². The van der Waals surface area contributed by atoms with Crippen LogP contribution in [-0.4, -0.2) is 12.6 Å². The minimum absolute atomic E-state index is 0.100. The smallest absolute Gasteiger partial charge is 0.307 e. The number of urea groups is 1. The Morgan fingerprint density at radius 2 is 1.76 bits per heavy atom. The van der Waals surface area contributed by atoms with Gasteiger partial charge in [0.1, 0.15) is 0 Å². The van der Waals surface area contributed by atoms with Gasteiger partial charge in [-0.2, -0.15) is 0 Å². The summed E-state index contributed by atoms with van der Waals surface area (Å²) in [5.74, 6) is 0. The molecule has 0 saturated heterocycles. The van der Waals surface area contributed by atoms with Crippen molar-refractivity contribution in [2.24, 2.45) is 0 Å². The molecule has 0 atom stereocenters. The second-order valence-corrected chi connectivity index (χ2v) is 5.33. The lowest BCUT2D eigenvalue weighted by Crippen LogP contribution is -2.35. The van der Waals surface area contributed by atoms with Gasteiger partial charge >= 0.3 is 6.03 Å². The van der Waals surface area contributed by atoms with E-state index in [1.54, 1.807) is 4.90 Å². The van der Waals surface area contributed by atoms with Crippen LogP contribution in [0.25, 0.3) is 0 Å². The molecule has 0 spiro atoms. The van der Waals surface area contributed by atoms with Gasteiger partial charge in [-0.05, 0) is 62.6 Å². The molecule has 0 bridgehead atoms. The van der Waals surface area contributed by atoms with E-state index in [-0.39, 0.29) is 6.03 Å². The van der Waals surface area contributed by atoms with Crippen LogP contribution in [0.2, 0.25) is 0 Å². The lowest BCUT2D eigenvalue weighted by Gasteiger charge is -2.22. The number of carbonyl (C=O) groups is 1. The Labute approximate surface area is 126 Å². The number of anilines is 2. The normalized spacial score (nSPS) is 10.3. The first-order valence-electron chi connectivity index (χ1n) is 7.23. The number of benzene rings is 2. The highest BCUT2D eigenvalue weighted by Crippen LogP contribution is 2.20. The highest BCUT2D eigenvalue weighted by atomic mass is 16.2. The van der Waals surface area contributed by atoms with E-state index < -0.39 is 0 Å². The molecule has 2 aromatic rings. The van der Waals surface area contributed by atoms with Crippen molar-refractivity contribution in [3.05, 3.63) is 59.2 Å². The first kappa shape index (κ1) is 15.1. The summed E-state index contributed by atoms with van der Waals surface area (Å²) < 4.78 is 0. The SMILES string of the molecule is CCN(C(=O)Nc1cc(C)ccc1C)c1cccc(C)c1. The number of hydrogen-bond acceptors (Lipinski definition) is 1. The van der Waals surface area contributed by atoms with Crippen molar-refractivity contribution in [3.8, 4) is 0 Å². The summed E-state index contributed by atoms with van der Waals surface area (Å²) in [6.07, 6.45) is 0. The van der Waals surface area contributed by atoms with E-state index >= 15 is 0 Å². The Morgan fingerprint density at radius 3 is 2.43 bits per heavy atom. The molecule has 2 rings (SSSR count). The first-order chi connectivity index (χ1) is 10.0. The van der Waals surface area contributed by atoms with Crippen molar-refractivity contribution in [1.29, 1.82) is 0 Å². The number of amides is 2. The maximum atomic E-state index is 12.5. The Morgan fingerprint density at radius 1 is 1.05 bits per heavy atom. The Bertz CT molecular complexity index is 649. The van der Waals surface area contributed by atoms with Crippen LogP contribution >= 0.6 is 0 Å². The average molecular weight is 282 g/mol. The average Bonchev–Trinajstić information content (AvgIpc) is 2.44. The van der Waals surface area contributed by atoms with Crippen molar-refractivity contribution < 1.29 is 4.79 Å². The van der Waals surface area contributed by atoms with Crippen molar-refractivity contribution in [2.45, 2.75) is 27.7 Å². The van der Waals surface area contributed by atoms with Gasteiger partial charge in [0.25, 0.3) is 0 Å². The van der Waals surface area contributed by atoms with Crippen LogP contribution in [0.3, 0.4) is 0 Å². The molecule has 21 heavy (non-hydrogen) atoms. The topological polar surface area (TPSA) is 32.3 Å². The highest BCUT2D eigenvalue weighted by Gasteiger charge is 2.14. The molecular formula is C18H22N2O. The zero-order valence-corrected chi connectivity index (χ0v) is 13.1. The summed E-state index contributed by atoms with van der Waals surface area (Å²) in [4.78, 5) is 14.3. The molecule has 1 N–H and O–H groups in total. The molecule has 0 aromatic heterocycles. The molecule has 2 aromatic carbocycles. The monoisotopic (exact) mass is 282 g/mol. The summed E-state index contributed by atoms with van der Waals surface area (Å²) in [6, 6.07) is 13.9. The summed E-state index contributed by atoms with van der Waals surface area (Å²) in [7, 11) is 0. The largest absolute Gasteiger partial charge is 0.326 e. The Hall–Kier alpha value is -2.29. The molecule has 110 valence electrons. The van der Waals surface area contributed by atoms with Gasteiger partial charge in [-0.15, -0.1) is 0 Å². The van der Waals surface area contributed by atoms with Gasteiger partial charge in [0.15, 0.2) is 0 Å². The zero-order chi connectivity index (χ0) is 15.4. The van der Waals surface area contributed by atoms with E-state index in [0.717, 1.165) is 28.1 Å². The molecule has 2 amide bonds. The summed E-state index contributed by atoms with van der Waals surface area (Å²) in [5.41, 5.74) is 5.13. The van der Waals surface area contributed by atoms with Gasteiger partial charge in [-0.25, -0.2) is 4.79 Å². The number of rotatable bonds is 3. The molecule has 0 aliphatic rings. The second-order valence-electron chi connectivity index (χ2n) is 5.33. The Kier molecular flexibility index (Phi) is 4.63. The van der Waals surface area contributed by atoms with Gasteiger partial charge in [-0.1, -0.05) is 24.3 Å². The molecule has 0 fully saturated rings. The van der Waals surface area contributed by atoms with E-state index in [0.29, 0.717) is 6.54 Å². The van der Waals surface area contributed by atoms with E-state index in [1.165, 1.54) is 0 Å². The van der Waals surface area contributed by atoms with Crippen LogP contribution in [0, 0.1) is 20.8 Å². The molecule has 0 aliphatic heterocycles.